The maximum atomic E-state index is 12.5. The molecule has 0 aliphatic carbocycles. The Hall–Kier alpha value is -3.30. The van der Waals surface area contributed by atoms with Crippen LogP contribution in [0.5, 0.6) is 0 Å². The molecule has 4 aromatic rings. The molecule has 1 unspecified atom stereocenters. The average molecular weight is 488 g/mol. The van der Waals surface area contributed by atoms with Gasteiger partial charge in [-0.2, -0.15) is 9.61 Å². The highest BCUT2D eigenvalue weighted by atomic mass is 32.2. The molecular formula is C26H29N7OS. The zero-order valence-electron chi connectivity index (χ0n) is 19.6. The first kappa shape index (κ1) is 23.4. The molecule has 4 heterocycles. The molecule has 1 fully saturated rings. The quantitative estimate of drug-likeness (QED) is 0.362. The van der Waals surface area contributed by atoms with Crippen molar-refractivity contribution in [3.63, 3.8) is 0 Å². The van der Waals surface area contributed by atoms with Gasteiger partial charge in [-0.15, -0.1) is 10.2 Å². The van der Waals surface area contributed by atoms with Gasteiger partial charge in [0, 0.05) is 37.6 Å². The zero-order chi connectivity index (χ0) is 23.9. The van der Waals surface area contributed by atoms with E-state index in [4.69, 9.17) is 0 Å². The summed E-state index contributed by atoms with van der Waals surface area (Å²) in [4.78, 5) is 19.2. The second-order valence-electron chi connectivity index (χ2n) is 8.84. The van der Waals surface area contributed by atoms with E-state index in [0.29, 0.717) is 23.1 Å². The molecule has 0 radical (unpaired) electrons. The van der Waals surface area contributed by atoms with Crippen molar-refractivity contribution in [2.24, 2.45) is 5.92 Å². The summed E-state index contributed by atoms with van der Waals surface area (Å²) in [6, 6.07) is 18.2. The molecule has 35 heavy (non-hydrogen) atoms. The van der Waals surface area contributed by atoms with Crippen LogP contribution in [-0.4, -0.2) is 67.5 Å². The predicted molar refractivity (Wildman–Crippen MR) is 137 cm³/mol. The lowest BCUT2D eigenvalue weighted by Crippen LogP contribution is -2.42. The normalized spacial score (nSPS) is 16.4. The monoisotopic (exact) mass is 487 g/mol. The lowest BCUT2D eigenvalue weighted by atomic mass is 9.97. The van der Waals surface area contributed by atoms with Gasteiger partial charge in [0.15, 0.2) is 11.5 Å². The first-order chi connectivity index (χ1) is 17.2. The van der Waals surface area contributed by atoms with Crippen molar-refractivity contribution >= 4 is 23.3 Å². The molecule has 1 aliphatic heterocycles. The standard InChI is InChI=1S/C26H29N7OS/c34-24(28-16-21-8-5-14-32(18-21)15-12-20-6-2-1-3-7-20)19-35-25-11-10-23-29-30-26(33(23)31-25)22-9-4-13-27-17-22/h1-4,6-7,9-11,13,17,21H,5,8,12,14-16,18-19H2,(H,28,34). The van der Waals surface area contributed by atoms with Crippen LogP contribution in [0.25, 0.3) is 17.0 Å². The Balaban J connectivity index is 1.09. The third-order valence-corrected chi connectivity index (χ3v) is 7.18. The molecule has 8 nitrogen and oxygen atoms in total. The van der Waals surface area contributed by atoms with Crippen LogP contribution >= 0.6 is 11.8 Å². The van der Waals surface area contributed by atoms with Gasteiger partial charge in [-0.3, -0.25) is 9.78 Å². The minimum Gasteiger partial charge on any atom is -0.355 e. The van der Waals surface area contributed by atoms with E-state index in [2.05, 4.69) is 60.8 Å². The van der Waals surface area contributed by atoms with E-state index in [9.17, 15) is 4.79 Å². The zero-order valence-corrected chi connectivity index (χ0v) is 20.4. The van der Waals surface area contributed by atoms with Gasteiger partial charge >= 0.3 is 0 Å². The molecule has 0 spiro atoms. The van der Waals surface area contributed by atoms with Crippen molar-refractivity contribution < 1.29 is 4.79 Å². The van der Waals surface area contributed by atoms with Gasteiger partial charge in [-0.25, -0.2) is 0 Å². The molecule has 1 N–H and O–H groups in total. The van der Waals surface area contributed by atoms with Crippen molar-refractivity contribution in [3.8, 4) is 11.4 Å². The van der Waals surface area contributed by atoms with E-state index in [1.54, 1.807) is 16.9 Å². The number of carbonyl (C=O) groups excluding carboxylic acids is 1. The Kier molecular flexibility index (Phi) is 7.65. The van der Waals surface area contributed by atoms with Crippen LogP contribution in [0.1, 0.15) is 18.4 Å². The van der Waals surface area contributed by atoms with Crippen molar-refractivity contribution in [2.75, 3.05) is 31.9 Å². The number of nitrogens with one attached hydrogen (secondary N) is 1. The van der Waals surface area contributed by atoms with E-state index < -0.39 is 0 Å². The molecule has 1 atom stereocenters. The number of hydrogen-bond acceptors (Lipinski definition) is 7. The second kappa shape index (κ2) is 11.4. The number of carbonyl (C=O) groups is 1. The number of likely N-dealkylation sites (tertiary alicyclic amines) is 1. The number of nitrogens with zero attached hydrogens (tertiary/aromatic N) is 6. The molecule has 180 valence electrons. The van der Waals surface area contributed by atoms with Crippen LogP contribution in [0, 0.1) is 5.92 Å². The van der Waals surface area contributed by atoms with E-state index in [1.165, 1.54) is 23.7 Å². The number of piperidine rings is 1. The van der Waals surface area contributed by atoms with E-state index in [-0.39, 0.29) is 5.91 Å². The number of pyridine rings is 1. The summed E-state index contributed by atoms with van der Waals surface area (Å²) in [6.45, 7) is 3.99. The molecule has 1 aromatic carbocycles. The predicted octanol–water partition coefficient (Wildman–Crippen LogP) is 3.35. The van der Waals surface area contributed by atoms with Crippen LogP contribution in [-0.2, 0) is 11.2 Å². The fourth-order valence-electron chi connectivity index (χ4n) is 4.43. The number of rotatable bonds is 9. The fraction of sp³-hybridized carbons (Fsp3) is 0.346. The summed E-state index contributed by atoms with van der Waals surface area (Å²) >= 11 is 1.42. The molecule has 0 bridgehead atoms. The summed E-state index contributed by atoms with van der Waals surface area (Å²) in [6.07, 6.45) is 6.88. The van der Waals surface area contributed by atoms with Gasteiger partial charge in [0.2, 0.25) is 5.91 Å². The topological polar surface area (TPSA) is 88.3 Å². The van der Waals surface area contributed by atoms with Crippen LogP contribution in [0.15, 0.2) is 72.0 Å². The number of aromatic nitrogens is 5. The van der Waals surface area contributed by atoms with Crippen LogP contribution in [0.3, 0.4) is 0 Å². The van der Waals surface area contributed by atoms with Crippen LogP contribution < -0.4 is 5.32 Å². The second-order valence-corrected chi connectivity index (χ2v) is 9.84. The van der Waals surface area contributed by atoms with Gasteiger partial charge in [-0.1, -0.05) is 42.1 Å². The lowest BCUT2D eigenvalue weighted by molar-refractivity contribution is -0.118. The molecular weight excluding hydrogens is 458 g/mol. The first-order valence-corrected chi connectivity index (χ1v) is 13.0. The van der Waals surface area contributed by atoms with Crippen molar-refractivity contribution in [1.82, 2.24) is 35.0 Å². The van der Waals surface area contributed by atoms with Gasteiger partial charge < -0.3 is 10.2 Å². The Morgan fingerprint density at radius 1 is 1.09 bits per heavy atom. The SMILES string of the molecule is O=C(CSc1ccc2nnc(-c3cccnc3)n2n1)NCC1CCCN(CCc2ccccc2)C1. The van der Waals surface area contributed by atoms with E-state index in [0.717, 1.165) is 49.6 Å². The molecule has 0 saturated carbocycles. The average Bonchev–Trinajstić information content (AvgIpc) is 3.34. The number of amides is 1. The fourth-order valence-corrected chi connectivity index (χ4v) is 5.11. The Bertz CT molecular complexity index is 1250. The summed E-state index contributed by atoms with van der Waals surface area (Å²) in [5, 5.41) is 16.9. The van der Waals surface area contributed by atoms with E-state index in [1.807, 2.05) is 24.3 Å². The molecule has 1 amide bonds. The van der Waals surface area contributed by atoms with Gasteiger partial charge in [0.25, 0.3) is 0 Å². The minimum absolute atomic E-state index is 0.0366. The Morgan fingerprint density at radius 3 is 2.86 bits per heavy atom. The van der Waals surface area contributed by atoms with Gasteiger partial charge in [0.05, 0.1) is 5.75 Å². The number of hydrogen-bond donors (Lipinski definition) is 1. The largest absolute Gasteiger partial charge is 0.355 e. The summed E-state index contributed by atoms with van der Waals surface area (Å²) < 4.78 is 1.70. The van der Waals surface area contributed by atoms with Crippen LogP contribution in [0.2, 0.25) is 0 Å². The number of benzene rings is 1. The van der Waals surface area contributed by atoms with Crippen molar-refractivity contribution in [1.29, 1.82) is 0 Å². The number of thioether (sulfide) groups is 1. The van der Waals surface area contributed by atoms with Gasteiger partial charge in [-0.05, 0) is 61.6 Å². The summed E-state index contributed by atoms with van der Waals surface area (Å²) in [7, 11) is 0. The van der Waals surface area contributed by atoms with Crippen molar-refractivity contribution in [3.05, 3.63) is 72.6 Å². The number of fused-ring (bicyclic) bond motifs is 1. The maximum Gasteiger partial charge on any atom is 0.230 e. The molecule has 5 rings (SSSR count). The molecule has 1 saturated heterocycles. The Morgan fingerprint density at radius 2 is 2.00 bits per heavy atom. The van der Waals surface area contributed by atoms with Crippen molar-refractivity contribution in [2.45, 2.75) is 24.3 Å². The molecule has 9 heteroatoms. The third-order valence-electron chi connectivity index (χ3n) is 6.26. The highest BCUT2D eigenvalue weighted by Gasteiger charge is 2.20. The maximum absolute atomic E-state index is 12.5. The van der Waals surface area contributed by atoms with E-state index >= 15 is 0 Å². The first-order valence-electron chi connectivity index (χ1n) is 12.0. The highest BCUT2D eigenvalue weighted by Crippen LogP contribution is 2.20. The summed E-state index contributed by atoms with van der Waals surface area (Å²) in [5.74, 6) is 1.50. The van der Waals surface area contributed by atoms with Crippen LogP contribution in [0.4, 0.5) is 0 Å². The third kappa shape index (κ3) is 6.23. The lowest BCUT2D eigenvalue weighted by Gasteiger charge is -2.32. The smallest absolute Gasteiger partial charge is 0.230 e. The highest BCUT2D eigenvalue weighted by molar-refractivity contribution is 7.99. The molecule has 1 aliphatic rings. The minimum atomic E-state index is 0.0366. The summed E-state index contributed by atoms with van der Waals surface area (Å²) in [5.41, 5.74) is 2.88. The van der Waals surface area contributed by atoms with Gasteiger partial charge in [0.1, 0.15) is 5.03 Å². The Labute approximate surface area is 209 Å². The molecule has 3 aromatic heterocycles.